The molecule has 1 saturated heterocycles. The fraction of sp³-hybridized carbons (Fsp3) is 0.395. The fourth-order valence-corrected chi connectivity index (χ4v) is 8.51. The third kappa shape index (κ3) is 7.17. The zero-order valence-corrected chi connectivity index (χ0v) is 30.2. The van der Waals surface area contributed by atoms with Crippen molar-refractivity contribution in [3.8, 4) is 28.4 Å². The van der Waals surface area contributed by atoms with Crippen LogP contribution in [0.1, 0.15) is 56.1 Å². The maximum absolute atomic E-state index is 15.8. The number of nitrogens with zero attached hydrogens (tertiary/aromatic N) is 3. The van der Waals surface area contributed by atoms with Gasteiger partial charge >= 0.3 is 5.97 Å². The summed E-state index contributed by atoms with van der Waals surface area (Å²) in [6.07, 6.45) is 8.34. The van der Waals surface area contributed by atoms with Gasteiger partial charge in [0.2, 0.25) is 11.8 Å². The third-order valence-corrected chi connectivity index (χ3v) is 11.6. The first-order chi connectivity index (χ1) is 25.1. The number of methoxy groups -OCH3 is 1. The van der Waals surface area contributed by atoms with E-state index in [0.29, 0.717) is 90.0 Å². The van der Waals surface area contributed by atoms with E-state index < -0.39 is 17.2 Å². The van der Waals surface area contributed by atoms with Crippen molar-refractivity contribution in [3.63, 3.8) is 0 Å². The minimum atomic E-state index is -0.697. The van der Waals surface area contributed by atoms with E-state index in [2.05, 4.69) is 31.2 Å². The van der Waals surface area contributed by atoms with Crippen molar-refractivity contribution in [1.29, 1.82) is 0 Å². The number of hydrogen-bond acceptors (Lipinski definition) is 9. The number of hydrogen-bond donors (Lipinski definition) is 5. The van der Waals surface area contributed by atoms with E-state index in [0.717, 1.165) is 24.8 Å². The van der Waals surface area contributed by atoms with Crippen molar-refractivity contribution in [2.75, 3.05) is 25.5 Å². The Labute approximate surface area is 311 Å². The molecule has 3 fully saturated rings. The van der Waals surface area contributed by atoms with Crippen LogP contribution in [0.15, 0.2) is 54.9 Å². The zero-order valence-electron chi connectivity index (χ0n) is 28.7. The van der Waals surface area contributed by atoms with Crippen LogP contribution in [0.5, 0.6) is 5.88 Å². The van der Waals surface area contributed by atoms with Crippen LogP contribution in [-0.4, -0.2) is 58.2 Å². The van der Waals surface area contributed by atoms with E-state index in [4.69, 9.17) is 32.9 Å². The predicted octanol–water partition coefficient (Wildman–Crippen LogP) is 6.90. The number of anilines is 2. The molecule has 1 aliphatic heterocycles. The molecule has 0 radical (unpaired) electrons. The Hall–Kier alpha value is -4.36. The van der Waals surface area contributed by atoms with Gasteiger partial charge in [0.25, 0.3) is 0 Å². The maximum Gasteiger partial charge on any atom is 0.309 e. The summed E-state index contributed by atoms with van der Waals surface area (Å²) in [5.74, 6) is -0.654. The SMILES string of the molecule is COc1nc(-c2ccnc(-c3cccc(Nc4nccc(CNCC56CCC(C(=O)O)(CC5)C6)c4F)c3Cl)c2Cl)ccc1CNC[C@@H]1CCC(=O)N1. The van der Waals surface area contributed by atoms with E-state index in [-0.39, 0.29) is 34.7 Å². The van der Waals surface area contributed by atoms with Crippen molar-refractivity contribution in [1.82, 2.24) is 30.9 Å². The standard InChI is InChI=1S/C38H40Cl2FN7O4/c1-52-35-23(18-42-19-24-6-8-29(49)46-24)5-7-27(48-35)25-10-16-44-33(31(25)40)26-3-2-4-28(30(26)39)47-34-32(41)22(9-15-45-34)17-43-21-37-11-13-38(20-37,14-12-37)36(50)51/h2-5,7,9-10,15-16,24,42-43H,6,8,11-14,17-21H2,1H3,(H,45,47)(H,46,49)(H,50,51)/t24-,37?,38?/m0/s1. The van der Waals surface area contributed by atoms with E-state index in [1.807, 2.05) is 12.1 Å². The molecule has 1 amide bonds. The first kappa shape index (κ1) is 36.0. The Kier molecular flexibility index (Phi) is 10.3. The second-order valence-corrected chi connectivity index (χ2v) is 14.9. The number of pyridine rings is 3. The lowest BCUT2D eigenvalue weighted by molar-refractivity contribution is -0.148. The molecule has 2 aliphatic carbocycles. The number of benzene rings is 1. The van der Waals surface area contributed by atoms with Crippen molar-refractivity contribution in [2.24, 2.45) is 10.8 Å². The highest BCUT2D eigenvalue weighted by molar-refractivity contribution is 6.39. The number of ether oxygens (including phenoxy) is 1. The summed E-state index contributed by atoms with van der Waals surface area (Å²) < 4.78 is 21.4. The second-order valence-electron chi connectivity index (χ2n) is 14.1. The van der Waals surface area contributed by atoms with Crippen LogP contribution in [0.3, 0.4) is 0 Å². The predicted molar refractivity (Wildman–Crippen MR) is 197 cm³/mol. The van der Waals surface area contributed by atoms with Crippen molar-refractivity contribution in [3.05, 3.63) is 81.8 Å². The molecule has 7 rings (SSSR count). The Balaban J connectivity index is 1.04. The highest BCUT2D eigenvalue weighted by atomic mass is 35.5. The molecule has 1 aromatic carbocycles. The number of carbonyl (C=O) groups is 2. The van der Waals surface area contributed by atoms with Gasteiger partial charge in [-0.3, -0.25) is 14.6 Å². The number of aromatic nitrogens is 3. The van der Waals surface area contributed by atoms with Gasteiger partial charge in [0.15, 0.2) is 11.6 Å². The summed E-state index contributed by atoms with van der Waals surface area (Å²) in [6.45, 7) is 2.08. The molecular formula is C38H40Cl2FN7O4. The van der Waals surface area contributed by atoms with E-state index in [1.165, 1.54) is 0 Å². The summed E-state index contributed by atoms with van der Waals surface area (Å²) in [5, 5.41) is 23.1. The Bertz CT molecular complexity index is 2010. The molecule has 3 aromatic heterocycles. The Morgan fingerprint density at radius 3 is 2.52 bits per heavy atom. The highest BCUT2D eigenvalue weighted by Gasteiger charge is 2.57. The molecule has 2 bridgehead atoms. The first-order valence-electron chi connectivity index (χ1n) is 17.4. The highest BCUT2D eigenvalue weighted by Crippen LogP contribution is 2.61. The number of rotatable bonds is 14. The molecule has 3 aliphatic rings. The molecular weight excluding hydrogens is 708 g/mol. The largest absolute Gasteiger partial charge is 0.481 e. The number of halogens is 3. The van der Waals surface area contributed by atoms with Gasteiger partial charge in [-0.2, -0.15) is 0 Å². The van der Waals surface area contributed by atoms with Crippen LogP contribution in [0, 0.1) is 16.6 Å². The van der Waals surface area contributed by atoms with E-state index in [1.54, 1.807) is 49.8 Å². The number of carboxylic acids is 1. The van der Waals surface area contributed by atoms with Gasteiger partial charge in [-0.25, -0.2) is 14.4 Å². The number of aliphatic carboxylic acids is 1. The molecule has 1 atom stereocenters. The van der Waals surface area contributed by atoms with Crippen LogP contribution >= 0.6 is 23.2 Å². The van der Waals surface area contributed by atoms with Gasteiger partial charge in [-0.1, -0.05) is 41.4 Å². The number of carboxylic acid groups (broad SMARTS) is 1. The lowest BCUT2D eigenvalue weighted by Crippen LogP contribution is -2.35. The maximum atomic E-state index is 15.8. The molecule has 0 spiro atoms. The summed E-state index contributed by atoms with van der Waals surface area (Å²) in [6, 6.07) is 12.6. The quantitative estimate of drug-likeness (QED) is 0.0922. The Morgan fingerprint density at radius 2 is 1.79 bits per heavy atom. The summed E-state index contributed by atoms with van der Waals surface area (Å²) in [4.78, 5) is 36.9. The molecule has 14 heteroatoms. The van der Waals surface area contributed by atoms with Crippen LogP contribution < -0.4 is 26.0 Å². The fourth-order valence-electron chi connectivity index (χ4n) is 7.94. The van der Waals surface area contributed by atoms with Crippen LogP contribution in [0.25, 0.3) is 22.5 Å². The number of nitrogens with one attached hydrogen (secondary N) is 4. The minimum Gasteiger partial charge on any atom is -0.481 e. The van der Waals surface area contributed by atoms with Crippen molar-refractivity contribution in [2.45, 2.75) is 64.1 Å². The zero-order chi connectivity index (χ0) is 36.5. The molecule has 5 N–H and O–H groups in total. The molecule has 11 nitrogen and oxygen atoms in total. The normalized spacial score (nSPS) is 22.1. The molecule has 4 aromatic rings. The van der Waals surface area contributed by atoms with Crippen molar-refractivity contribution < 1.29 is 23.8 Å². The van der Waals surface area contributed by atoms with Gasteiger partial charge in [-0.15, -0.1) is 0 Å². The molecule has 272 valence electrons. The Morgan fingerprint density at radius 1 is 1.00 bits per heavy atom. The topological polar surface area (TPSA) is 150 Å². The third-order valence-electron chi connectivity index (χ3n) is 10.8. The molecule has 2 saturated carbocycles. The number of amides is 1. The van der Waals surface area contributed by atoms with Gasteiger partial charge in [0.1, 0.15) is 0 Å². The number of carbonyl (C=O) groups excluding carboxylic acids is 1. The second kappa shape index (κ2) is 14.9. The lowest BCUT2D eigenvalue weighted by atomic mass is 9.82. The van der Waals surface area contributed by atoms with Gasteiger partial charge < -0.3 is 31.1 Å². The lowest BCUT2D eigenvalue weighted by Gasteiger charge is -2.27. The monoisotopic (exact) mass is 747 g/mol. The molecule has 52 heavy (non-hydrogen) atoms. The van der Waals surface area contributed by atoms with Crippen LogP contribution in [-0.2, 0) is 22.7 Å². The minimum absolute atomic E-state index is 0.0230. The summed E-state index contributed by atoms with van der Waals surface area (Å²) in [5.41, 5.74) is 3.25. The average Bonchev–Trinajstić information content (AvgIpc) is 3.85. The summed E-state index contributed by atoms with van der Waals surface area (Å²) in [7, 11) is 1.56. The van der Waals surface area contributed by atoms with Crippen LogP contribution in [0.2, 0.25) is 10.0 Å². The molecule has 4 heterocycles. The van der Waals surface area contributed by atoms with E-state index >= 15 is 4.39 Å². The van der Waals surface area contributed by atoms with Crippen molar-refractivity contribution >= 4 is 46.6 Å². The smallest absolute Gasteiger partial charge is 0.309 e. The van der Waals surface area contributed by atoms with Crippen LogP contribution in [0.4, 0.5) is 15.9 Å². The van der Waals surface area contributed by atoms with Gasteiger partial charge in [-0.05, 0) is 68.2 Å². The average molecular weight is 749 g/mol. The number of fused-ring (bicyclic) bond motifs is 2. The molecule has 0 unspecified atom stereocenters. The van der Waals surface area contributed by atoms with Gasteiger partial charge in [0.05, 0.1) is 39.6 Å². The summed E-state index contributed by atoms with van der Waals surface area (Å²) >= 11 is 13.9. The first-order valence-corrected chi connectivity index (χ1v) is 18.2. The van der Waals surface area contributed by atoms with Gasteiger partial charge in [0, 0.05) is 73.3 Å². The van der Waals surface area contributed by atoms with E-state index in [9.17, 15) is 14.7 Å².